The van der Waals surface area contributed by atoms with Crippen molar-refractivity contribution in [3.63, 3.8) is 0 Å². The van der Waals surface area contributed by atoms with Crippen LogP contribution in [0.3, 0.4) is 0 Å². The summed E-state index contributed by atoms with van der Waals surface area (Å²) < 4.78 is 0. The van der Waals surface area contributed by atoms with Gasteiger partial charge in [-0.3, -0.25) is 4.79 Å². The van der Waals surface area contributed by atoms with Gasteiger partial charge in [-0.25, -0.2) is 0 Å². The van der Waals surface area contributed by atoms with Gasteiger partial charge in [-0.05, 0) is 33.1 Å². The van der Waals surface area contributed by atoms with Gasteiger partial charge in [0.25, 0.3) is 0 Å². The van der Waals surface area contributed by atoms with Crippen molar-refractivity contribution in [3.05, 3.63) is 11.6 Å². The summed E-state index contributed by atoms with van der Waals surface area (Å²) >= 11 is 0. The molecule has 1 saturated heterocycles. The Labute approximate surface area is 74.2 Å². The molecule has 0 atom stereocenters. The highest BCUT2D eigenvalue weighted by Crippen LogP contribution is 2.11. The molecule has 1 amide bonds. The monoisotopic (exact) mass is 167 g/mol. The van der Waals surface area contributed by atoms with Gasteiger partial charge >= 0.3 is 0 Å². The maximum Gasteiger partial charge on any atom is 0.249 e. The molecule has 1 rings (SSSR count). The number of carbonyl (C=O) groups is 1. The third-order valence-electron chi connectivity index (χ3n) is 2.41. The SMILES string of the molecule is C/C=C(/C)C(=O)N1CCCCC1. The molecule has 0 aromatic rings. The lowest BCUT2D eigenvalue weighted by molar-refractivity contribution is -0.127. The second kappa shape index (κ2) is 4.29. The fourth-order valence-corrected chi connectivity index (χ4v) is 1.47. The Morgan fingerprint density at radius 2 is 1.83 bits per heavy atom. The zero-order valence-corrected chi connectivity index (χ0v) is 7.97. The number of hydrogen-bond acceptors (Lipinski definition) is 1. The number of nitrogens with zero attached hydrogens (tertiary/aromatic N) is 1. The Balaban J connectivity index is 2.51. The molecule has 2 nitrogen and oxygen atoms in total. The molecule has 0 bridgehead atoms. The van der Waals surface area contributed by atoms with Crippen molar-refractivity contribution in [2.24, 2.45) is 0 Å². The molecular formula is C10H17NO. The summed E-state index contributed by atoms with van der Waals surface area (Å²) in [7, 11) is 0. The minimum atomic E-state index is 0.220. The summed E-state index contributed by atoms with van der Waals surface area (Å²) in [5.41, 5.74) is 0.872. The fourth-order valence-electron chi connectivity index (χ4n) is 1.47. The van der Waals surface area contributed by atoms with Crippen LogP contribution >= 0.6 is 0 Å². The van der Waals surface area contributed by atoms with Crippen LogP contribution in [-0.2, 0) is 4.79 Å². The Bertz CT molecular complexity index is 190. The molecular weight excluding hydrogens is 150 g/mol. The maximum atomic E-state index is 11.6. The predicted octanol–water partition coefficient (Wildman–Crippen LogP) is 1.97. The smallest absolute Gasteiger partial charge is 0.249 e. The van der Waals surface area contributed by atoms with E-state index in [-0.39, 0.29) is 5.91 Å². The second-order valence-electron chi connectivity index (χ2n) is 3.32. The van der Waals surface area contributed by atoms with Crippen LogP contribution in [0.4, 0.5) is 0 Å². The van der Waals surface area contributed by atoms with Crippen molar-refractivity contribution in [1.29, 1.82) is 0 Å². The Morgan fingerprint density at radius 3 is 2.33 bits per heavy atom. The van der Waals surface area contributed by atoms with E-state index in [1.165, 1.54) is 19.3 Å². The average Bonchev–Trinajstić information content (AvgIpc) is 2.17. The van der Waals surface area contributed by atoms with Gasteiger partial charge in [0, 0.05) is 18.7 Å². The van der Waals surface area contributed by atoms with Gasteiger partial charge in [-0.1, -0.05) is 6.08 Å². The Morgan fingerprint density at radius 1 is 1.25 bits per heavy atom. The molecule has 0 aromatic heterocycles. The third kappa shape index (κ3) is 2.10. The molecule has 0 N–H and O–H groups in total. The van der Waals surface area contributed by atoms with Crippen LogP contribution in [0, 0.1) is 0 Å². The highest BCUT2D eigenvalue weighted by molar-refractivity contribution is 5.92. The number of allylic oxidation sites excluding steroid dienone is 1. The summed E-state index contributed by atoms with van der Waals surface area (Å²) in [6.45, 7) is 5.70. The van der Waals surface area contributed by atoms with E-state index in [4.69, 9.17) is 0 Å². The third-order valence-corrected chi connectivity index (χ3v) is 2.41. The van der Waals surface area contributed by atoms with Crippen LogP contribution < -0.4 is 0 Å². The number of piperidine rings is 1. The molecule has 0 radical (unpaired) electrons. The quantitative estimate of drug-likeness (QED) is 0.547. The van der Waals surface area contributed by atoms with Crippen molar-refractivity contribution >= 4 is 5.91 Å². The summed E-state index contributed by atoms with van der Waals surface area (Å²) in [5.74, 6) is 0.220. The van der Waals surface area contributed by atoms with Crippen LogP contribution in [-0.4, -0.2) is 23.9 Å². The fraction of sp³-hybridized carbons (Fsp3) is 0.700. The van der Waals surface area contributed by atoms with Crippen molar-refractivity contribution in [2.45, 2.75) is 33.1 Å². The standard InChI is InChI=1S/C10H17NO/c1-3-9(2)10(12)11-7-5-4-6-8-11/h3H,4-8H2,1-2H3/b9-3-. The molecule has 1 heterocycles. The summed E-state index contributed by atoms with van der Waals surface area (Å²) in [5, 5.41) is 0. The normalized spacial score (nSPS) is 19.5. The number of carbonyl (C=O) groups excluding carboxylic acids is 1. The van der Waals surface area contributed by atoms with Gasteiger partial charge in [0.2, 0.25) is 5.91 Å². The summed E-state index contributed by atoms with van der Waals surface area (Å²) in [6, 6.07) is 0. The lowest BCUT2D eigenvalue weighted by Crippen LogP contribution is -2.35. The zero-order chi connectivity index (χ0) is 8.97. The molecule has 68 valence electrons. The minimum Gasteiger partial charge on any atom is -0.339 e. The molecule has 1 fully saturated rings. The van der Waals surface area contributed by atoms with Crippen LogP contribution in [0.5, 0.6) is 0 Å². The number of likely N-dealkylation sites (tertiary alicyclic amines) is 1. The van der Waals surface area contributed by atoms with E-state index in [2.05, 4.69) is 0 Å². The van der Waals surface area contributed by atoms with Gasteiger partial charge in [0.15, 0.2) is 0 Å². The molecule has 1 aliphatic rings. The molecule has 12 heavy (non-hydrogen) atoms. The van der Waals surface area contributed by atoms with E-state index in [0.717, 1.165) is 18.7 Å². The van der Waals surface area contributed by atoms with Gasteiger partial charge < -0.3 is 4.90 Å². The zero-order valence-electron chi connectivity index (χ0n) is 7.97. The topological polar surface area (TPSA) is 20.3 Å². The van der Waals surface area contributed by atoms with Crippen molar-refractivity contribution in [2.75, 3.05) is 13.1 Å². The highest BCUT2D eigenvalue weighted by atomic mass is 16.2. The van der Waals surface area contributed by atoms with Crippen molar-refractivity contribution in [3.8, 4) is 0 Å². The first-order chi connectivity index (χ1) is 5.75. The van der Waals surface area contributed by atoms with Gasteiger partial charge in [-0.2, -0.15) is 0 Å². The minimum absolute atomic E-state index is 0.220. The predicted molar refractivity (Wildman–Crippen MR) is 49.9 cm³/mol. The number of rotatable bonds is 1. The molecule has 0 spiro atoms. The number of hydrogen-bond donors (Lipinski definition) is 0. The molecule has 0 aliphatic carbocycles. The van der Waals surface area contributed by atoms with Gasteiger partial charge in [-0.15, -0.1) is 0 Å². The summed E-state index contributed by atoms with van der Waals surface area (Å²) in [6.07, 6.45) is 5.50. The largest absolute Gasteiger partial charge is 0.339 e. The lowest BCUT2D eigenvalue weighted by atomic mass is 10.1. The van der Waals surface area contributed by atoms with Crippen LogP contribution in [0.1, 0.15) is 33.1 Å². The Hall–Kier alpha value is -0.790. The first kappa shape index (κ1) is 9.30. The van der Waals surface area contributed by atoms with E-state index in [1.54, 1.807) is 0 Å². The maximum absolute atomic E-state index is 11.6. The van der Waals surface area contributed by atoms with Crippen molar-refractivity contribution < 1.29 is 4.79 Å². The van der Waals surface area contributed by atoms with Gasteiger partial charge in [0.1, 0.15) is 0 Å². The molecule has 0 aromatic carbocycles. The molecule has 2 heteroatoms. The van der Waals surface area contributed by atoms with E-state index in [0.29, 0.717) is 0 Å². The van der Waals surface area contributed by atoms with E-state index >= 15 is 0 Å². The Kier molecular flexibility index (Phi) is 3.32. The molecule has 1 aliphatic heterocycles. The first-order valence-electron chi connectivity index (χ1n) is 4.68. The van der Waals surface area contributed by atoms with E-state index < -0.39 is 0 Å². The summed E-state index contributed by atoms with van der Waals surface area (Å²) in [4.78, 5) is 13.5. The number of amides is 1. The van der Waals surface area contributed by atoms with Crippen molar-refractivity contribution in [1.82, 2.24) is 4.90 Å². The molecule has 0 unspecified atom stereocenters. The van der Waals surface area contributed by atoms with Crippen LogP contribution in [0.25, 0.3) is 0 Å². The first-order valence-corrected chi connectivity index (χ1v) is 4.68. The highest BCUT2D eigenvalue weighted by Gasteiger charge is 2.16. The average molecular weight is 167 g/mol. The second-order valence-corrected chi connectivity index (χ2v) is 3.32. The van der Waals surface area contributed by atoms with Crippen LogP contribution in [0.15, 0.2) is 11.6 Å². The van der Waals surface area contributed by atoms with E-state index in [9.17, 15) is 4.79 Å². The lowest BCUT2D eigenvalue weighted by Gasteiger charge is -2.26. The van der Waals surface area contributed by atoms with Crippen LogP contribution in [0.2, 0.25) is 0 Å². The van der Waals surface area contributed by atoms with E-state index in [1.807, 2.05) is 24.8 Å². The van der Waals surface area contributed by atoms with Gasteiger partial charge in [0.05, 0.1) is 0 Å². The molecule has 0 saturated carbocycles.